The van der Waals surface area contributed by atoms with Crippen LogP contribution in [0.15, 0.2) is 36.4 Å². The van der Waals surface area contributed by atoms with Crippen LogP contribution < -0.4 is 0 Å². The second-order valence-corrected chi connectivity index (χ2v) is 6.18. The highest BCUT2D eigenvalue weighted by Crippen LogP contribution is 2.54. The minimum absolute atomic E-state index is 0.0152. The molecule has 2 aliphatic carbocycles. The van der Waals surface area contributed by atoms with E-state index in [1.807, 2.05) is 6.26 Å². The Morgan fingerprint density at radius 1 is 1.25 bits per heavy atom. The van der Waals surface area contributed by atoms with Gasteiger partial charge in [0, 0.05) is 24.0 Å². The molecule has 0 amide bonds. The summed E-state index contributed by atoms with van der Waals surface area (Å²) in [6.07, 6.45) is 7.20. The standard InChI is InChI=1S/C15H15NO3S/c1-20-15(17)14-11-3-2-10(8-11)13(14)9-4-6-12(7-5-9)16(18)19/h2-7,10-11,13-14H,8H2,1H3/t10-,11+,13+,14+/m0/s1. The van der Waals surface area contributed by atoms with Crippen molar-refractivity contribution in [1.29, 1.82) is 0 Å². The van der Waals surface area contributed by atoms with Crippen LogP contribution in [0.4, 0.5) is 5.69 Å². The molecule has 0 aliphatic heterocycles. The number of carbonyl (C=O) groups is 1. The van der Waals surface area contributed by atoms with Crippen molar-refractivity contribution in [2.75, 3.05) is 6.26 Å². The molecular weight excluding hydrogens is 274 g/mol. The number of thioether (sulfide) groups is 1. The van der Waals surface area contributed by atoms with Gasteiger partial charge in [-0.25, -0.2) is 0 Å². The third-order valence-electron chi connectivity index (χ3n) is 4.42. The van der Waals surface area contributed by atoms with Crippen LogP contribution in [0.3, 0.4) is 0 Å². The maximum absolute atomic E-state index is 12.2. The lowest BCUT2D eigenvalue weighted by molar-refractivity contribution is -0.384. The topological polar surface area (TPSA) is 60.2 Å². The van der Waals surface area contributed by atoms with Crippen molar-refractivity contribution < 1.29 is 9.72 Å². The summed E-state index contributed by atoms with van der Waals surface area (Å²) >= 11 is 1.29. The molecule has 0 unspecified atom stereocenters. The van der Waals surface area contributed by atoms with E-state index < -0.39 is 4.92 Å². The van der Waals surface area contributed by atoms with Gasteiger partial charge in [0.15, 0.2) is 5.12 Å². The number of hydrogen-bond acceptors (Lipinski definition) is 4. The van der Waals surface area contributed by atoms with Gasteiger partial charge >= 0.3 is 0 Å². The van der Waals surface area contributed by atoms with Crippen molar-refractivity contribution in [1.82, 2.24) is 0 Å². The fourth-order valence-corrected chi connectivity index (χ4v) is 4.15. The smallest absolute Gasteiger partial charge is 0.269 e. The van der Waals surface area contributed by atoms with Crippen molar-refractivity contribution >= 4 is 22.6 Å². The van der Waals surface area contributed by atoms with Crippen LogP contribution in [0.25, 0.3) is 0 Å². The SMILES string of the molecule is CSC(=O)[C@H]1[C@H](c2ccc([N+](=O)[O-])cc2)[C@H]2C=C[C@@H]1C2. The van der Waals surface area contributed by atoms with Gasteiger partial charge < -0.3 is 0 Å². The molecule has 0 heterocycles. The molecule has 4 atom stereocenters. The van der Waals surface area contributed by atoms with Gasteiger partial charge in [-0.15, -0.1) is 0 Å². The molecule has 0 saturated heterocycles. The number of fused-ring (bicyclic) bond motifs is 2. The molecule has 0 radical (unpaired) electrons. The van der Waals surface area contributed by atoms with E-state index in [2.05, 4.69) is 12.2 Å². The maximum atomic E-state index is 12.2. The zero-order valence-electron chi connectivity index (χ0n) is 11.1. The average Bonchev–Trinajstić information content (AvgIpc) is 3.07. The van der Waals surface area contributed by atoms with Gasteiger partial charge in [0.1, 0.15) is 0 Å². The average molecular weight is 289 g/mol. The van der Waals surface area contributed by atoms with Gasteiger partial charge in [-0.3, -0.25) is 14.9 Å². The first-order chi connectivity index (χ1) is 9.61. The van der Waals surface area contributed by atoms with Crippen molar-refractivity contribution in [2.24, 2.45) is 17.8 Å². The second kappa shape index (κ2) is 5.05. The summed E-state index contributed by atoms with van der Waals surface area (Å²) in [5, 5.41) is 10.9. The Bertz CT molecular complexity index is 581. The minimum Gasteiger partial charge on any atom is -0.287 e. The quantitative estimate of drug-likeness (QED) is 0.486. The van der Waals surface area contributed by atoms with Gasteiger partial charge in [-0.05, 0) is 30.1 Å². The molecule has 0 aromatic heterocycles. The molecule has 2 aliphatic rings. The zero-order chi connectivity index (χ0) is 14.3. The van der Waals surface area contributed by atoms with Crippen LogP contribution in [0.5, 0.6) is 0 Å². The van der Waals surface area contributed by atoms with Crippen molar-refractivity contribution in [3.8, 4) is 0 Å². The lowest BCUT2D eigenvalue weighted by Crippen LogP contribution is -2.24. The summed E-state index contributed by atoms with van der Waals surface area (Å²) in [4.78, 5) is 22.5. The van der Waals surface area contributed by atoms with E-state index in [4.69, 9.17) is 0 Å². The Morgan fingerprint density at radius 2 is 1.90 bits per heavy atom. The van der Waals surface area contributed by atoms with E-state index in [9.17, 15) is 14.9 Å². The highest BCUT2D eigenvalue weighted by molar-refractivity contribution is 8.13. The number of nitro benzene ring substituents is 1. The third kappa shape index (κ3) is 2.06. The fraction of sp³-hybridized carbons (Fsp3) is 0.400. The minimum atomic E-state index is -0.394. The number of benzene rings is 1. The summed E-state index contributed by atoms with van der Waals surface area (Å²) in [5.41, 5.74) is 1.14. The fourth-order valence-electron chi connectivity index (χ4n) is 3.55. The number of carbonyl (C=O) groups excluding carboxylic acids is 1. The van der Waals surface area contributed by atoms with E-state index in [0.29, 0.717) is 11.8 Å². The molecule has 4 nitrogen and oxygen atoms in total. The molecule has 1 aromatic rings. The largest absolute Gasteiger partial charge is 0.287 e. The second-order valence-electron chi connectivity index (χ2n) is 5.37. The van der Waals surface area contributed by atoms with Crippen molar-refractivity contribution in [3.63, 3.8) is 0 Å². The highest BCUT2D eigenvalue weighted by atomic mass is 32.2. The Balaban J connectivity index is 1.93. The summed E-state index contributed by atoms with van der Waals surface area (Å²) in [5.74, 6) is 0.912. The first kappa shape index (κ1) is 13.4. The van der Waals surface area contributed by atoms with Crippen LogP contribution in [0.1, 0.15) is 17.9 Å². The molecule has 0 spiro atoms. The third-order valence-corrected chi connectivity index (χ3v) is 5.10. The first-order valence-corrected chi connectivity index (χ1v) is 7.85. The van der Waals surface area contributed by atoms with E-state index in [-0.39, 0.29) is 22.6 Å². The summed E-state index contributed by atoms with van der Waals surface area (Å²) < 4.78 is 0. The Hall–Kier alpha value is -1.62. The lowest BCUT2D eigenvalue weighted by atomic mass is 9.79. The molecule has 3 rings (SSSR count). The Labute approximate surface area is 121 Å². The van der Waals surface area contributed by atoms with Gasteiger partial charge in [0.2, 0.25) is 0 Å². The Morgan fingerprint density at radius 3 is 2.50 bits per heavy atom. The van der Waals surface area contributed by atoms with E-state index in [1.165, 1.54) is 23.9 Å². The number of nitrogens with zero attached hydrogens (tertiary/aromatic N) is 1. The van der Waals surface area contributed by atoms with Crippen LogP contribution >= 0.6 is 11.8 Å². The van der Waals surface area contributed by atoms with Gasteiger partial charge in [-0.2, -0.15) is 0 Å². The molecule has 0 N–H and O–H groups in total. The molecule has 1 saturated carbocycles. The number of rotatable bonds is 3. The highest BCUT2D eigenvalue weighted by Gasteiger charge is 2.48. The van der Waals surface area contributed by atoms with Crippen molar-refractivity contribution in [2.45, 2.75) is 12.3 Å². The van der Waals surface area contributed by atoms with Crippen LogP contribution in [0.2, 0.25) is 0 Å². The van der Waals surface area contributed by atoms with Crippen LogP contribution in [-0.4, -0.2) is 16.3 Å². The summed E-state index contributed by atoms with van der Waals surface area (Å²) in [6.45, 7) is 0. The molecule has 1 aromatic carbocycles. The molecule has 2 bridgehead atoms. The molecular formula is C15H15NO3S. The zero-order valence-corrected chi connectivity index (χ0v) is 11.9. The predicted octanol–water partition coefficient (Wildman–Crippen LogP) is 3.39. The summed E-state index contributed by atoms with van der Waals surface area (Å²) in [6, 6.07) is 6.67. The van der Waals surface area contributed by atoms with Crippen LogP contribution in [0, 0.1) is 27.9 Å². The monoisotopic (exact) mass is 289 g/mol. The lowest BCUT2D eigenvalue weighted by Gasteiger charge is -2.26. The van der Waals surface area contributed by atoms with Crippen LogP contribution in [-0.2, 0) is 4.79 Å². The predicted molar refractivity (Wildman–Crippen MR) is 78.6 cm³/mol. The number of nitro groups is 1. The maximum Gasteiger partial charge on any atom is 0.269 e. The van der Waals surface area contributed by atoms with E-state index in [0.717, 1.165) is 12.0 Å². The van der Waals surface area contributed by atoms with Gasteiger partial charge in [-0.1, -0.05) is 36.0 Å². The molecule has 5 heteroatoms. The number of allylic oxidation sites excluding steroid dienone is 2. The Kier molecular flexibility index (Phi) is 3.38. The van der Waals surface area contributed by atoms with E-state index in [1.54, 1.807) is 12.1 Å². The summed E-state index contributed by atoms with van der Waals surface area (Å²) in [7, 11) is 0. The number of hydrogen-bond donors (Lipinski definition) is 0. The molecule has 1 fully saturated rings. The first-order valence-electron chi connectivity index (χ1n) is 6.62. The molecule has 104 valence electrons. The van der Waals surface area contributed by atoms with E-state index >= 15 is 0 Å². The van der Waals surface area contributed by atoms with Crippen molar-refractivity contribution in [3.05, 3.63) is 52.1 Å². The van der Waals surface area contributed by atoms with Gasteiger partial charge in [0.25, 0.3) is 5.69 Å². The molecule has 20 heavy (non-hydrogen) atoms. The normalized spacial score (nSPS) is 30.6. The number of non-ortho nitro benzene ring substituents is 1. The van der Waals surface area contributed by atoms with Gasteiger partial charge in [0.05, 0.1) is 4.92 Å².